The first-order chi connectivity index (χ1) is 7.06. The maximum absolute atomic E-state index is 11.9. The molecule has 0 aromatic heterocycles. The van der Waals surface area contributed by atoms with Crippen molar-refractivity contribution in [3.63, 3.8) is 0 Å². The SMILES string of the molecule is CCc1cccc(Cl)c1C(=O)NC(C)C. The zero-order chi connectivity index (χ0) is 11.4. The van der Waals surface area contributed by atoms with Crippen LogP contribution in [0.25, 0.3) is 0 Å². The van der Waals surface area contributed by atoms with Gasteiger partial charge in [-0.2, -0.15) is 0 Å². The standard InChI is InChI=1S/C12H16ClNO/c1-4-9-6-5-7-10(13)11(9)12(15)14-8(2)3/h5-8H,4H2,1-3H3,(H,14,15). The van der Waals surface area contributed by atoms with Crippen LogP contribution in [0, 0.1) is 0 Å². The predicted molar refractivity (Wildman–Crippen MR) is 63.4 cm³/mol. The molecule has 0 heterocycles. The Bertz CT molecular complexity index is 361. The second-order valence-corrected chi connectivity index (χ2v) is 4.16. The minimum absolute atomic E-state index is 0.0903. The van der Waals surface area contributed by atoms with Gasteiger partial charge in [0.25, 0.3) is 5.91 Å². The first-order valence-corrected chi connectivity index (χ1v) is 5.52. The van der Waals surface area contributed by atoms with E-state index in [-0.39, 0.29) is 11.9 Å². The van der Waals surface area contributed by atoms with Crippen molar-refractivity contribution >= 4 is 17.5 Å². The number of nitrogens with one attached hydrogen (secondary N) is 1. The van der Waals surface area contributed by atoms with Crippen molar-refractivity contribution in [2.24, 2.45) is 0 Å². The highest BCUT2D eigenvalue weighted by molar-refractivity contribution is 6.34. The third-order valence-corrected chi connectivity index (χ3v) is 2.44. The van der Waals surface area contributed by atoms with Crippen LogP contribution in [0.15, 0.2) is 18.2 Å². The summed E-state index contributed by atoms with van der Waals surface area (Å²) >= 11 is 6.03. The summed E-state index contributed by atoms with van der Waals surface area (Å²) in [7, 11) is 0. The molecule has 0 saturated heterocycles. The van der Waals surface area contributed by atoms with Crippen molar-refractivity contribution < 1.29 is 4.79 Å². The molecule has 1 aromatic rings. The normalized spacial score (nSPS) is 10.5. The van der Waals surface area contributed by atoms with Crippen LogP contribution in [-0.4, -0.2) is 11.9 Å². The zero-order valence-electron chi connectivity index (χ0n) is 9.30. The van der Waals surface area contributed by atoms with Crippen molar-refractivity contribution in [1.29, 1.82) is 0 Å². The van der Waals surface area contributed by atoms with Crippen molar-refractivity contribution in [2.75, 3.05) is 0 Å². The van der Waals surface area contributed by atoms with E-state index in [0.717, 1.165) is 12.0 Å². The van der Waals surface area contributed by atoms with Crippen molar-refractivity contribution in [1.82, 2.24) is 5.32 Å². The zero-order valence-corrected chi connectivity index (χ0v) is 10.1. The summed E-state index contributed by atoms with van der Waals surface area (Å²) < 4.78 is 0. The molecule has 0 aliphatic rings. The molecule has 0 aliphatic heterocycles. The maximum atomic E-state index is 11.9. The van der Waals surface area contributed by atoms with Gasteiger partial charge < -0.3 is 5.32 Å². The first kappa shape index (κ1) is 12.1. The molecule has 1 N–H and O–H groups in total. The molecular formula is C12H16ClNO. The average molecular weight is 226 g/mol. The fraction of sp³-hybridized carbons (Fsp3) is 0.417. The molecule has 0 bridgehead atoms. The molecule has 0 spiro atoms. The highest BCUT2D eigenvalue weighted by Crippen LogP contribution is 2.20. The quantitative estimate of drug-likeness (QED) is 0.842. The Labute approximate surface area is 95.6 Å². The summed E-state index contributed by atoms with van der Waals surface area (Å²) in [5, 5.41) is 3.37. The highest BCUT2D eigenvalue weighted by Gasteiger charge is 2.14. The number of aryl methyl sites for hydroxylation is 1. The molecular weight excluding hydrogens is 210 g/mol. The number of hydrogen-bond donors (Lipinski definition) is 1. The van der Waals surface area contributed by atoms with E-state index in [1.54, 1.807) is 6.07 Å². The van der Waals surface area contributed by atoms with Crippen LogP contribution >= 0.6 is 11.6 Å². The Morgan fingerprint density at radius 2 is 2.13 bits per heavy atom. The van der Waals surface area contributed by atoms with Crippen LogP contribution in [0.1, 0.15) is 36.7 Å². The third-order valence-electron chi connectivity index (χ3n) is 2.13. The fourth-order valence-electron chi connectivity index (χ4n) is 1.45. The number of carbonyl (C=O) groups excluding carboxylic acids is 1. The summed E-state index contributed by atoms with van der Waals surface area (Å²) in [4.78, 5) is 11.9. The van der Waals surface area contributed by atoms with Gasteiger partial charge in [-0.1, -0.05) is 30.7 Å². The summed E-state index contributed by atoms with van der Waals surface area (Å²) in [6, 6.07) is 5.67. The van der Waals surface area contributed by atoms with E-state index in [1.807, 2.05) is 32.9 Å². The number of benzene rings is 1. The van der Waals surface area contributed by atoms with Gasteiger partial charge in [0.1, 0.15) is 0 Å². The van der Waals surface area contributed by atoms with Crippen molar-refractivity contribution in [2.45, 2.75) is 33.2 Å². The second kappa shape index (κ2) is 5.17. The van der Waals surface area contributed by atoms with E-state index in [1.165, 1.54) is 0 Å². The van der Waals surface area contributed by atoms with E-state index in [2.05, 4.69) is 5.32 Å². The van der Waals surface area contributed by atoms with Gasteiger partial charge in [0.2, 0.25) is 0 Å². The third kappa shape index (κ3) is 2.96. The summed E-state index contributed by atoms with van der Waals surface area (Å²) in [6.07, 6.45) is 0.807. The molecule has 1 aromatic carbocycles. The molecule has 0 radical (unpaired) electrons. The number of rotatable bonds is 3. The van der Waals surface area contributed by atoms with Crippen LogP contribution in [0.4, 0.5) is 0 Å². The minimum atomic E-state index is -0.0903. The number of amides is 1. The Morgan fingerprint density at radius 1 is 1.47 bits per heavy atom. The average Bonchev–Trinajstić information content (AvgIpc) is 2.15. The number of halogens is 1. The van der Waals surface area contributed by atoms with Crippen LogP contribution in [0.2, 0.25) is 5.02 Å². The minimum Gasteiger partial charge on any atom is -0.350 e. The Hall–Kier alpha value is -1.02. The van der Waals surface area contributed by atoms with Crippen LogP contribution < -0.4 is 5.32 Å². The van der Waals surface area contributed by atoms with Gasteiger partial charge in [0.15, 0.2) is 0 Å². The van der Waals surface area contributed by atoms with E-state index in [9.17, 15) is 4.79 Å². The fourth-order valence-corrected chi connectivity index (χ4v) is 1.73. The van der Waals surface area contributed by atoms with Gasteiger partial charge >= 0.3 is 0 Å². The largest absolute Gasteiger partial charge is 0.350 e. The lowest BCUT2D eigenvalue weighted by Crippen LogP contribution is -2.31. The molecule has 0 saturated carbocycles. The Kier molecular flexibility index (Phi) is 4.15. The highest BCUT2D eigenvalue weighted by atomic mass is 35.5. The van der Waals surface area contributed by atoms with Crippen LogP contribution in [0.5, 0.6) is 0 Å². The summed E-state index contributed by atoms with van der Waals surface area (Å²) in [6.45, 7) is 5.87. The molecule has 2 nitrogen and oxygen atoms in total. The molecule has 0 aliphatic carbocycles. The predicted octanol–water partition coefficient (Wildman–Crippen LogP) is 3.04. The Balaban J connectivity index is 3.06. The van der Waals surface area contributed by atoms with Gasteiger partial charge in [0.05, 0.1) is 10.6 Å². The molecule has 82 valence electrons. The van der Waals surface area contributed by atoms with E-state index >= 15 is 0 Å². The van der Waals surface area contributed by atoms with E-state index < -0.39 is 0 Å². The molecule has 0 unspecified atom stereocenters. The first-order valence-electron chi connectivity index (χ1n) is 5.14. The van der Waals surface area contributed by atoms with Gasteiger partial charge in [-0.15, -0.1) is 0 Å². The number of hydrogen-bond acceptors (Lipinski definition) is 1. The van der Waals surface area contributed by atoms with Gasteiger partial charge in [-0.05, 0) is 31.9 Å². The maximum Gasteiger partial charge on any atom is 0.253 e. The molecule has 0 atom stereocenters. The lowest BCUT2D eigenvalue weighted by molar-refractivity contribution is 0.0942. The molecule has 0 fully saturated rings. The van der Waals surface area contributed by atoms with Crippen LogP contribution in [-0.2, 0) is 6.42 Å². The van der Waals surface area contributed by atoms with Crippen LogP contribution in [0.3, 0.4) is 0 Å². The molecule has 3 heteroatoms. The van der Waals surface area contributed by atoms with Gasteiger partial charge in [0, 0.05) is 6.04 Å². The number of carbonyl (C=O) groups is 1. The van der Waals surface area contributed by atoms with Gasteiger partial charge in [-0.3, -0.25) is 4.79 Å². The summed E-state index contributed by atoms with van der Waals surface area (Å²) in [5.74, 6) is -0.0903. The molecule has 1 amide bonds. The lowest BCUT2D eigenvalue weighted by Gasteiger charge is -2.12. The van der Waals surface area contributed by atoms with Crippen molar-refractivity contribution in [3.8, 4) is 0 Å². The van der Waals surface area contributed by atoms with Gasteiger partial charge in [-0.25, -0.2) is 0 Å². The van der Waals surface area contributed by atoms with E-state index in [0.29, 0.717) is 10.6 Å². The lowest BCUT2D eigenvalue weighted by atomic mass is 10.0. The van der Waals surface area contributed by atoms with E-state index in [4.69, 9.17) is 11.6 Å². The summed E-state index contributed by atoms with van der Waals surface area (Å²) in [5.41, 5.74) is 1.59. The molecule has 15 heavy (non-hydrogen) atoms. The second-order valence-electron chi connectivity index (χ2n) is 3.76. The van der Waals surface area contributed by atoms with Crippen molar-refractivity contribution in [3.05, 3.63) is 34.3 Å². The monoisotopic (exact) mass is 225 g/mol. The Morgan fingerprint density at radius 3 is 2.67 bits per heavy atom. The topological polar surface area (TPSA) is 29.1 Å². The molecule has 1 rings (SSSR count). The smallest absolute Gasteiger partial charge is 0.253 e.